The second-order valence-corrected chi connectivity index (χ2v) is 9.13. The van der Waals surface area contributed by atoms with Gasteiger partial charge in [0.1, 0.15) is 5.69 Å². The third-order valence-corrected chi connectivity index (χ3v) is 5.30. The number of aromatic amines is 1. The number of aromatic nitrogens is 7. The van der Waals surface area contributed by atoms with E-state index in [2.05, 4.69) is 68.4 Å². The highest BCUT2D eigenvalue weighted by molar-refractivity contribution is 5.97. The Morgan fingerprint density at radius 1 is 1.00 bits per heavy atom. The minimum absolute atomic E-state index is 0.0327. The maximum Gasteiger partial charge on any atom is 0.245 e. The van der Waals surface area contributed by atoms with Crippen LogP contribution in [0, 0.1) is 0 Å². The van der Waals surface area contributed by atoms with Crippen molar-refractivity contribution in [3.8, 4) is 16.9 Å². The van der Waals surface area contributed by atoms with E-state index < -0.39 is 0 Å². The standard InChI is InChI=1S/C21H25N9/c1-20(2)12-29(13-21(3,4)28-20)19-22-11-16(25-27-19)14-6-7-17(30-9-5-8-24-30)18-15(14)10-23-26-18/h5-11,28H,12-13H2,1-4H3,(H,23,26). The van der Waals surface area contributed by atoms with Crippen molar-refractivity contribution >= 4 is 16.9 Å². The SMILES string of the molecule is CC1(C)CN(c2ncc(-c3ccc(-n4cccn4)c4[nH]ncc34)nn2)CC(C)(C)N1. The molecule has 0 saturated carbocycles. The molecule has 4 aromatic rings. The van der Waals surface area contributed by atoms with E-state index in [0.29, 0.717) is 11.6 Å². The molecule has 154 valence electrons. The number of rotatable bonds is 3. The largest absolute Gasteiger partial charge is 0.336 e. The fourth-order valence-corrected chi connectivity index (χ4v) is 4.53. The number of nitrogens with one attached hydrogen (secondary N) is 2. The summed E-state index contributed by atoms with van der Waals surface area (Å²) in [4.78, 5) is 6.85. The van der Waals surface area contributed by atoms with Gasteiger partial charge in [-0.25, -0.2) is 9.67 Å². The van der Waals surface area contributed by atoms with Gasteiger partial charge in [0.15, 0.2) is 0 Å². The summed E-state index contributed by atoms with van der Waals surface area (Å²) in [5.41, 5.74) is 3.41. The average Bonchev–Trinajstić information content (AvgIpc) is 3.37. The molecular formula is C21H25N9. The Morgan fingerprint density at radius 2 is 1.80 bits per heavy atom. The predicted molar refractivity (Wildman–Crippen MR) is 116 cm³/mol. The number of hydrogen-bond donors (Lipinski definition) is 2. The second kappa shape index (κ2) is 6.60. The number of fused-ring (bicyclic) bond motifs is 1. The number of anilines is 1. The second-order valence-electron chi connectivity index (χ2n) is 9.13. The van der Waals surface area contributed by atoms with Crippen molar-refractivity contribution in [2.24, 2.45) is 0 Å². The van der Waals surface area contributed by atoms with E-state index in [9.17, 15) is 0 Å². The smallest absolute Gasteiger partial charge is 0.245 e. The molecule has 4 heterocycles. The number of benzene rings is 1. The van der Waals surface area contributed by atoms with Crippen molar-refractivity contribution in [3.05, 3.63) is 43.0 Å². The molecular weight excluding hydrogens is 378 g/mol. The van der Waals surface area contributed by atoms with Crippen molar-refractivity contribution in [1.29, 1.82) is 0 Å². The van der Waals surface area contributed by atoms with E-state index in [0.717, 1.165) is 35.2 Å². The van der Waals surface area contributed by atoms with E-state index in [1.807, 2.05) is 29.1 Å². The lowest BCUT2D eigenvalue weighted by molar-refractivity contribution is 0.224. The Hall–Kier alpha value is -3.33. The zero-order valence-corrected chi connectivity index (χ0v) is 17.6. The van der Waals surface area contributed by atoms with Crippen LogP contribution in [0.3, 0.4) is 0 Å². The van der Waals surface area contributed by atoms with Crippen molar-refractivity contribution in [3.63, 3.8) is 0 Å². The minimum atomic E-state index is -0.0327. The van der Waals surface area contributed by atoms with Gasteiger partial charge in [-0.2, -0.15) is 10.2 Å². The van der Waals surface area contributed by atoms with Crippen LogP contribution in [0.2, 0.25) is 0 Å². The highest BCUT2D eigenvalue weighted by Gasteiger charge is 2.37. The van der Waals surface area contributed by atoms with Gasteiger partial charge in [0.05, 0.1) is 23.6 Å². The summed E-state index contributed by atoms with van der Waals surface area (Å²) in [6.07, 6.45) is 7.25. The number of H-pyrrole nitrogens is 1. The fraction of sp³-hybridized carbons (Fsp3) is 0.381. The van der Waals surface area contributed by atoms with Gasteiger partial charge in [-0.3, -0.25) is 5.10 Å². The van der Waals surface area contributed by atoms with Gasteiger partial charge < -0.3 is 10.2 Å². The summed E-state index contributed by atoms with van der Waals surface area (Å²) in [5.74, 6) is 0.651. The third kappa shape index (κ3) is 3.30. The molecule has 3 aromatic heterocycles. The van der Waals surface area contributed by atoms with Crippen LogP contribution in [0.1, 0.15) is 27.7 Å². The number of hydrogen-bond acceptors (Lipinski definition) is 7. The normalized spacial score (nSPS) is 18.1. The fourth-order valence-electron chi connectivity index (χ4n) is 4.53. The quantitative estimate of drug-likeness (QED) is 0.542. The van der Waals surface area contributed by atoms with Gasteiger partial charge >= 0.3 is 0 Å². The Balaban J connectivity index is 1.49. The van der Waals surface area contributed by atoms with Gasteiger partial charge in [0, 0.05) is 47.5 Å². The van der Waals surface area contributed by atoms with Gasteiger partial charge in [-0.1, -0.05) is 0 Å². The van der Waals surface area contributed by atoms with Crippen LogP contribution in [-0.4, -0.2) is 59.3 Å². The zero-order chi connectivity index (χ0) is 20.9. The van der Waals surface area contributed by atoms with Gasteiger partial charge in [0.2, 0.25) is 5.95 Å². The number of piperazine rings is 1. The summed E-state index contributed by atoms with van der Waals surface area (Å²) in [7, 11) is 0. The number of nitrogens with zero attached hydrogens (tertiary/aromatic N) is 7. The Kier molecular flexibility index (Phi) is 4.11. The first-order chi connectivity index (χ1) is 14.3. The van der Waals surface area contributed by atoms with Crippen LogP contribution >= 0.6 is 0 Å². The molecule has 1 aliphatic heterocycles. The molecule has 9 heteroatoms. The summed E-state index contributed by atoms with van der Waals surface area (Å²) in [6.45, 7) is 10.4. The maximum absolute atomic E-state index is 4.65. The highest BCUT2D eigenvalue weighted by atomic mass is 15.4. The first-order valence-electron chi connectivity index (χ1n) is 10.0. The minimum Gasteiger partial charge on any atom is -0.336 e. The summed E-state index contributed by atoms with van der Waals surface area (Å²) in [6, 6.07) is 5.90. The predicted octanol–water partition coefficient (Wildman–Crippen LogP) is 2.57. The van der Waals surface area contributed by atoms with E-state index >= 15 is 0 Å². The third-order valence-electron chi connectivity index (χ3n) is 5.30. The molecule has 1 fully saturated rings. The Morgan fingerprint density at radius 3 is 2.47 bits per heavy atom. The van der Waals surface area contributed by atoms with Gasteiger partial charge in [0.25, 0.3) is 0 Å². The molecule has 30 heavy (non-hydrogen) atoms. The maximum atomic E-state index is 4.65. The van der Waals surface area contributed by atoms with Crippen molar-refractivity contribution in [1.82, 2.24) is 40.5 Å². The lowest BCUT2D eigenvalue weighted by Gasteiger charge is -2.48. The lowest BCUT2D eigenvalue weighted by atomic mass is 9.92. The summed E-state index contributed by atoms with van der Waals surface area (Å²) < 4.78 is 1.81. The molecule has 5 rings (SSSR count). The van der Waals surface area contributed by atoms with E-state index in [4.69, 9.17) is 0 Å². The van der Waals surface area contributed by atoms with E-state index in [1.54, 1.807) is 18.6 Å². The first-order valence-corrected chi connectivity index (χ1v) is 10.0. The molecule has 0 spiro atoms. The molecule has 0 bridgehead atoms. The monoisotopic (exact) mass is 403 g/mol. The van der Waals surface area contributed by atoms with Crippen LogP contribution in [0.4, 0.5) is 5.95 Å². The molecule has 0 atom stereocenters. The molecule has 1 aliphatic rings. The molecule has 1 aromatic carbocycles. The molecule has 2 N–H and O–H groups in total. The van der Waals surface area contributed by atoms with Gasteiger partial charge in [-0.05, 0) is 45.9 Å². The summed E-state index contributed by atoms with van der Waals surface area (Å²) >= 11 is 0. The topological polar surface area (TPSA) is 100 Å². The van der Waals surface area contributed by atoms with Crippen molar-refractivity contribution in [2.45, 2.75) is 38.8 Å². The molecule has 0 aliphatic carbocycles. The van der Waals surface area contributed by atoms with Crippen LogP contribution < -0.4 is 10.2 Å². The molecule has 9 nitrogen and oxygen atoms in total. The van der Waals surface area contributed by atoms with Gasteiger partial charge in [-0.15, -0.1) is 10.2 Å². The molecule has 0 amide bonds. The van der Waals surface area contributed by atoms with Crippen molar-refractivity contribution < 1.29 is 0 Å². The lowest BCUT2D eigenvalue weighted by Crippen LogP contribution is -2.67. The zero-order valence-electron chi connectivity index (χ0n) is 17.6. The van der Waals surface area contributed by atoms with Crippen LogP contribution in [-0.2, 0) is 0 Å². The van der Waals surface area contributed by atoms with Crippen molar-refractivity contribution in [2.75, 3.05) is 18.0 Å². The molecule has 0 unspecified atom stereocenters. The first kappa shape index (κ1) is 18.7. The highest BCUT2D eigenvalue weighted by Crippen LogP contribution is 2.30. The molecule has 1 saturated heterocycles. The summed E-state index contributed by atoms with van der Waals surface area (Å²) in [5, 5.41) is 25.2. The Labute approximate surface area is 174 Å². The molecule has 0 radical (unpaired) electrons. The average molecular weight is 403 g/mol. The van der Waals surface area contributed by atoms with E-state index in [1.165, 1.54) is 0 Å². The Bertz CT molecular complexity index is 1160. The van der Waals surface area contributed by atoms with E-state index in [-0.39, 0.29) is 11.1 Å². The van der Waals surface area contributed by atoms with Crippen LogP contribution in [0.5, 0.6) is 0 Å². The van der Waals surface area contributed by atoms with Crippen LogP contribution in [0.25, 0.3) is 27.8 Å². The van der Waals surface area contributed by atoms with Crippen LogP contribution in [0.15, 0.2) is 43.0 Å².